The molecule has 4 rings (SSSR count). The second-order valence-electron chi connectivity index (χ2n) is 7.85. The van der Waals surface area contributed by atoms with Crippen molar-refractivity contribution < 1.29 is 14.3 Å². The molecule has 34 heavy (non-hydrogen) atoms. The van der Waals surface area contributed by atoms with Crippen LogP contribution in [-0.2, 0) is 24.7 Å². The van der Waals surface area contributed by atoms with Gasteiger partial charge in [-0.1, -0.05) is 6.07 Å². The number of aryl methyl sites for hydroxylation is 2. The molecule has 0 saturated carbocycles. The first-order chi connectivity index (χ1) is 16.5. The molecule has 0 unspecified atom stereocenters. The Morgan fingerprint density at radius 1 is 1.09 bits per heavy atom. The monoisotopic (exact) mass is 483 g/mol. The van der Waals surface area contributed by atoms with Gasteiger partial charge in [0, 0.05) is 26.4 Å². The minimum atomic E-state index is -0.0725. The minimum Gasteiger partial charge on any atom is -0.490 e. The summed E-state index contributed by atoms with van der Waals surface area (Å²) in [5.74, 6) is 2.72. The topological polar surface area (TPSA) is 99.7 Å². The van der Waals surface area contributed by atoms with Gasteiger partial charge in [0.2, 0.25) is 11.7 Å². The van der Waals surface area contributed by atoms with E-state index >= 15 is 0 Å². The van der Waals surface area contributed by atoms with Gasteiger partial charge in [0.25, 0.3) is 5.56 Å². The van der Waals surface area contributed by atoms with Crippen molar-refractivity contribution in [2.45, 2.75) is 39.5 Å². The number of fused-ring (bicyclic) bond motifs is 3. The largest absolute Gasteiger partial charge is 0.490 e. The molecule has 1 aromatic carbocycles. The fourth-order valence-corrected chi connectivity index (χ4v) is 4.76. The van der Waals surface area contributed by atoms with Crippen LogP contribution in [0.3, 0.4) is 0 Å². The maximum Gasteiger partial charge on any atom is 0.272 e. The molecule has 0 saturated heterocycles. The molecule has 0 aliphatic heterocycles. The molecule has 0 radical (unpaired) electrons. The molecule has 4 aromatic rings. The van der Waals surface area contributed by atoms with Crippen LogP contribution in [0.25, 0.3) is 16.0 Å². The van der Waals surface area contributed by atoms with Gasteiger partial charge in [0.1, 0.15) is 10.5 Å². The first kappa shape index (κ1) is 23.7. The molecule has 0 aliphatic rings. The molecule has 1 amide bonds. The van der Waals surface area contributed by atoms with Gasteiger partial charge in [-0.15, -0.1) is 21.5 Å². The summed E-state index contributed by atoms with van der Waals surface area (Å²) in [6.07, 6.45) is 2.32. The summed E-state index contributed by atoms with van der Waals surface area (Å²) in [6, 6.07) is 7.78. The highest BCUT2D eigenvalue weighted by Crippen LogP contribution is 2.28. The molecule has 0 bridgehead atoms. The normalized spacial score (nSPS) is 11.3. The maximum absolute atomic E-state index is 12.4. The van der Waals surface area contributed by atoms with Gasteiger partial charge in [-0.3, -0.25) is 18.6 Å². The predicted molar refractivity (Wildman–Crippen MR) is 132 cm³/mol. The molecule has 3 heterocycles. The summed E-state index contributed by atoms with van der Waals surface area (Å²) >= 11 is 1.41. The zero-order chi connectivity index (χ0) is 24.1. The Labute approximate surface area is 201 Å². The van der Waals surface area contributed by atoms with E-state index in [1.807, 2.05) is 47.9 Å². The van der Waals surface area contributed by atoms with Crippen LogP contribution < -0.4 is 20.3 Å². The number of nitrogens with zero attached hydrogens (tertiary/aromatic N) is 4. The maximum atomic E-state index is 12.4. The molecule has 0 spiro atoms. The summed E-state index contributed by atoms with van der Waals surface area (Å²) in [4.78, 5) is 24.8. The lowest BCUT2D eigenvalue weighted by molar-refractivity contribution is -0.121. The lowest BCUT2D eigenvalue weighted by Crippen LogP contribution is -2.25. The third kappa shape index (κ3) is 4.91. The quantitative estimate of drug-likeness (QED) is 0.352. The number of nitrogens with one attached hydrogen (secondary N) is 1. The number of carbonyl (C=O) groups excluding carboxylic acids is 1. The lowest BCUT2D eigenvalue weighted by Gasteiger charge is -2.12. The highest BCUT2D eigenvalue weighted by molar-refractivity contribution is 7.17. The first-order valence-corrected chi connectivity index (χ1v) is 12.4. The third-order valence-corrected chi connectivity index (χ3v) is 6.44. The number of hydrogen-bond acceptors (Lipinski definition) is 7. The Kier molecular flexibility index (Phi) is 7.46. The predicted octanol–water partition coefficient (Wildman–Crippen LogP) is 3.12. The van der Waals surface area contributed by atoms with Crippen molar-refractivity contribution in [3.63, 3.8) is 0 Å². The fraction of sp³-hybridized carbons (Fsp3) is 0.417. The van der Waals surface area contributed by atoms with E-state index in [-0.39, 0.29) is 11.5 Å². The molecule has 0 atom stereocenters. The van der Waals surface area contributed by atoms with Gasteiger partial charge in [0.15, 0.2) is 11.5 Å². The van der Waals surface area contributed by atoms with Crippen molar-refractivity contribution in [1.29, 1.82) is 0 Å². The van der Waals surface area contributed by atoms with E-state index in [9.17, 15) is 9.59 Å². The summed E-state index contributed by atoms with van der Waals surface area (Å²) < 4.78 is 15.4. The van der Waals surface area contributed by atoms with Crippen LogP contribution in [-0.4, -0.2) is 44.8 Å². The Morgan fingerprint density at radius 3 is 2.68 bits per heavy atom. The van der Waals surface area contributed by atoms with Gasteiger partial charge in [-0.25, -0.2) is 0 Å². The van der Waals surface area contributed by atoms with Crippen LogP contribution in [0, 0.1) is 0 Å². The molecule has 180 valence electrons. The average molecular weight is 484 g/mol. The summed E-state index contributed by atoms with van der Waals surface area (Å²) in [5, 5.41) is 13.3. The molecule has 1 N–H and O–H groups in total. The van der Waals surface area contributed by atoms with Crippen molar-refractivity contribution in [3.05, 3.63) is 51.4 Å². The standard InChI is InChI=1S/C24H29N5O4S/c1-4-32-18-10-9-16(15-19(18)33-5-2)11-13-25-21(30)8-6-7-20-26-27-24-28(3)23(31)22-17(29(20)24)12-14-34-22/h9-10,12,14-15H,4-8,11,13H2,1-3H3,(H,25,30). The van der Waals surface area contributed by atoms with Gasteiger partial charge < -0.3 is 14.8 Å². The van der Waals surface area contributed by atoms with E-state index in [1.54, 1.807) is 7.05 Å². The Morgan fingerprint density at radius 2 is 1.88 bits per heavy atom. The van der Waals surface area contributed by atoms with E-state index in [2.05, 4.69) is 15.5 Å². The van der Waals surface area contributed by atoms with Gasteiger partial charge >= 0.3 is 0 Å². The van der Waals surface area contributed by atoms with Crippen LogP contribution in [0.15, 0.2) is 34.4 Å². The second-order valence-corrected chi connectivity index (χ2v) is 8.77. The Balaban J connectivity index is 1.30. The smallest absolute Gasteiger partial charge is 0.272 e. The van der Waals surface area contributed by atoms with Gasteiger partial charge in [-0.05, 0) is 55.8 Å². The van der Waals surface area contributed by atoms with Gasteiger partial charge in [0.05, 0.1) is 18.7 Å². The molecule has 10 heteroatoms. The van der Waals surface area contributed by atoms with Crippen LogP contribution in [0.5, 0.6) is 11.5 Å². The Hall–Kier alpha value is -3.40. The van der Waals surface area contributed by atoms with Crippen molar-refractivity contribution in [3.8, 4) is 11.5 Å². The van der Waals surface area contributed by atoms with Crippen molar-refractivity contribution in [2.24, 2.45) is 7.05 Å². The molecule has 0 fully saturated rings. The number of benzene rings is 1. The summed E-state index contributed by atoms with van der Waals surface area (Å²) in [6.45, 7) is 5.57. The summed E-state index contributed by atoms with van der Waals surface area (Å²) in [7, 11) is 1.70. The molecular formula is C24H29N5O4S. The highest BCUT2D eigenvalue weighted by Gasteiger charge is 2.15. The van der Waals surface area contributed by atoms with Crippen molar-refractivity contribution in [2.75, 3.05) is 19.8 Å². The average Bonchev–Trinajstić information content (AvgIpc) is 3.47. The van der Waals surface area contributed by atoms with Crippen LogP contribution >= 0.6 is 11.3 Å². The van der Waals surface area contributed by atoms with E-state index < -0.39 is 0 Å². The minimum absolute atomic E-state index is 0.00197. The Bertz CT molecular complexity index is 1360. The zero-order valence-electron chi connectivity index (χ0n) is 19.7. The zero-order valence-corrected chi connectivity index (χ0v) is 20.5. The molecular weight excluding hydrogens is 454 g/mol. The number of hydrogen-bond donors (Lipinski definition) is 1. The van der Waals surface area contributed by atoms with E-state index in [1.165, 1.54) is 15.9 Å². The summed E-state index contributed by atoms with van der Waals surface area (Å²) in [5.41, 5.74) is 1.82. The second kappa shape index (κ2) is 10.7. The number of thiophene rings is 1. The first-order valence-electron chi connectivity index (χ1n) is 11.5. The SMILES string of the molecule is CCOc1ccc(CCNC(=O)CCCc2nnc3n(C)c(=O)c4sccc4n23)cc1OCC. The number of aromatic nitrogens is 4. The van der Waals surface area contributed by atoms with Crippen molar-refractivity contribution >= 4 is 33.2 Å². The van der Waals surface area contributed by atoms with E-state index in [0.717, 1.165) is 28.4 Å². The highest BCUT2D eigenvalue weighted by atomic mass is 32.1. The lowest BCUT2D eigenvalue weighted by atomic mass is 10.1. The molecule has 3 aromatic heterocycles. The van der Waals surface area contributed by atoms with Crippen LogP contribution in [0.4, 0.5) is 0 Å². The third-order valence-electron chi connectivity index (χ3n) is 5.55. The molecule has 0 aliphatic carbocycles. The van der Waals surface area contributed by atoms with Crippen LogP contribution in [0.1, 0.15) is 38.1 Å². The number of carbonyl (C=O) groups is 1. The molecule has 9 nitrogen and oxygen atoms in total. The van der Waals surface area contributed by atoms with Crippen molar-refractivity contribution in [1.82, 2.24) is 24.5 Å². The van der Waals surface area contributed by atoms with Gasteiger partial charge in [-0.2, -0.15) is 0 Å². The van der Waals surface area contributed by atoms with E-state index in [4.69, 9.17) is 9.47 Å². The number of amides is 1. The fourth-order valence-electron chi connectivity index (χ4n) is 3.91. The van der Waals surface area contributed by atoms with E-state index in [0.29, 0.717) is 55.9 Å². The number of ether oxygens (including phenoxy) is 2. The number of rotatable bonds is 11. The van der Waals surface area contributed by atoms with Crippen LogP contribution in [0.2, 0.25) is 0 Å².